The lowest BCUT2D eigenvalue weighted by molar-refractivity contribution is 0.580. The summed E-state index contributed by atoms with van der Waals surface area (Å²) >= 11 is 0. The molecule has 8 heteroatoms. The molecule has 1 aromatic rings. The van der Waals surface area contributed by atoms with Crippen LogP contribution in [0.3, 0.4) is 0 Å². The van der Waals surface area contributed by atoms with Crippen molar-refractivity contribution in [3.8, 4) is 0 Å². The standard InChI is InChI=1S/C10H15F2N2O2PS/c1-2-5-18(15,16)14(6-17)8-4-3-7(11)10(13)9(8)12/h3-4H,2,5-6,13,17H2,1H3. The van der Waals surface area contributed by atoms with Crippen molar-refractivity contribution < 1.29 is 17.2 Å². The Balaban J connectivity index is 3.31. The number of hydrogen-bond acceptors (Lipinski definition) is 3. The topological polar surface area (TPSA) is 63.4 Å². The second-order valence-corrected chi connectivity index (χ2v) is 6.02. The van der Waals surface area contributed by atoms with Gasteiger partial charge in [0.05, 0.1) is 11.4 Å². The fraction of sp³-hybridized carbons (Fsp3) is 0.400. The lowest BCUT2D eigenvalue weighted by Gasteiger charge is -2.23. The molecule has 0 heterocycles. The number of halogens is 2. The molecule has 1 unspecified atom stereocenters. The fourth-order valence-corrected chi connectivity index (χ4v) is 3.76. The maximum Gasteiger partial charge on any atom is 0.235 e. The maximum absolute atomic E-state index is 13.8. The van der Waals surface area contributed by atoms with Crippen molar-refractivity contribution in [2.45, 2.75) is 13.3 Å². The average Bonchev–Trinajstić information content (AvgIpc) is 2.29. The van der Waals surface area contributed by atoms with Crippen LogP contribution in [0.4, 0.5) is 20.2 Å². The molecular formula is C10H15F2N2O2PS. The summed E-state index contributed by atoms with van der Waals surface area (Å²) in [6.45, 7) is 1.70. The Kier molecular flexibility index (Phi) is 4.87. The molecule has 0 aromatic heterocycles. The molecule has 0 aliphatic rings. The molecule has 1 atom stereocenters. The van der Waals surface area contributed by atoms with Gasteiger partial charge in [0.25, 0.3) is 0 Å². The van der Waals surface area contributed by atoms with Crippen molar-refractivity contribution in [2.24, 2.45) is 0 Å². The molecule has 0 fully saturated rings. The zero-order valence-corrected chi connectivity index (χ0v) is 11.8. The van der Waals surface area contributed by atoms with Crippen molar-refractivity contribution in [1.29, 1.82) is 0 Å². The first-order valence-electron chi connectivity index (χ1n) is 5.29. The second kappa shape index (κ2) is 5.80. The van der Waals surface area contributed by atoms with Gasteiger partial charge >= 0.3 is 0 Å². The van der Waals surface area contributed by atoms with Gasteiger partial charge in [-0.3, -0.25) is 4.31 Å². The van der Waals surface area contributed by atoms with Crippen LogP contribution in [0.15, 0.2) is 12.1 Å². The van der Waals surface area contributed by atoms with Crippen LogP contribution >= 0.6 is 9.24 Å². The minimum atomic E-state index is -3.63. The first kappa shape index (κ1) is 15.1. The zero-order valence-electron chi connectivity index (χ0n) is 9.86. The van der Waals surface area contributed by atoms with Crippen LogP contribution < -0.4 is 10.0 Å². The molecule has 0 radical (unpaired) electrons. The lowest BCUT2D eigenvalue weighted by Crippen LogP contribution is -2.32. The molecular weight excluding hydrogens is 281 g/mol. The number of hydrogen-bond donors (Lipinski definition) is 1. The molecule has 2 N–H and O–H groups in total. The summed E-state index contributed by atoms with van der Waals surface area (Å²) in [5, 5.41) is 0. The van der Waals surface area contributed by atoms with Crippen LogP contribution in [0.2, 0.25) is 0 Å². The first-order chi connectivity index (χ1) is 8.35. The van der Waals surface area contributed by atoms with Crippen molar-refractivity contribution in [3.05, 3.63) is 23.8 Å². The third kappa shape index (κ3) is 2.90. The summed E-state index contributed by atoms with van der Waals surface area (Å²) in [6, 6.07) is 2.01. The van der Waals surface area contributed by atoms with Gasteiger partial charge in [0.15, 0.2) is 5.82 Å². The summed E-state index contributed by atoms with van der Waals surface area (Å²) in [7, 11) is -1.43. The number of nitrogens with zero attached hydrogens (tertiary/aromatic N) is 1. The van der Waals surface area contributed by atoms with Crippen molar-refractivity contribution >= 4 is 30.6 Å². The van der Waals surface area contributed by atoms with Gasteiger partial charge in [-0.2, -0.15) is 0 Å². The quantitative estimate of drug-likeness (QED) is 0.667. The van der Waals surface area contributed by atoms with Crippen LogP contribution in [0.1, 0.15) is 13.3 Å². The molecule has 18 heavy (non-hydrogen) atoms. The third-order valence-corrected chi connectivity index (χ3v) is 4.91. The Morgan fingerprint density at radius 3 is 2.50 bits per heavy atom. The Hall–Kier alpha value is -0.940. The van der Waals surface area contributed by atoms with E-state index in [-0.39, 0.29) is 17.7 Å². The largest absolute Gasteiger partial charge is 0.394 e. The Morgan fingerprint density at radius 1 is 1.39 bits per heavy atom. The molecule has 0 saturated carbocycles. The highest BCUT2D eigenvalue weighted by molar-refractivity contribution is 7.92. The van der Waals surface area contributed by atoms with E-state index in [1.807, 2.05) is 0 Å². The van der Waals surface area contributed by atoms with Gasteiger partial charge in [-0.25, -0.2) is 17.2 Å². The van der Waals surface area contributed by atoms with Gasteiger partial charge in [0, 0.05) is 6.29 Å². The van der Waals surface area contributed by atoms with Crippen LogP contribution in [0.25, 0.3) is 0 Å². The van der Waals surface area contributed by atoms with E-state index in [9.17, 15) is 17.2 Å². The molecule has 0 spiro atoms. The molecule has 0 aliphatic carbocycles. The number of sulfonamides is 1. The van der Waals surface area contributed by atoms with E-state index >= 15 is 0 Å². The number of rotatable bonds is 5. The third-order valence-electron chi connectivity index (χ3n) is 2.34. The SMILES string of the molecule is CCCS(=O)(=O)N(CP)c1ccc(F)c(N)c1F. The van der Waals surface area contributed by atoms with Gasteiger partial charge in [0.1, 0.15) is 11.5 Å². The van der Waals surface area contributed by atoms with Crippen molar-refractivity contribution in [3.63, 3.8) is 0 Å². The molecule has 0 bridgehead atoms. The number of nitrogens with two attached hydrogens (primary N) is 1. The normalized spacial score (nSPS) is 11.6. The Labute approximate surface area is 107 Å². The molecule has 0 saturated heterocycles. The van der Waals surface area contributed by atoms with Crippen LogP contribution in [0, 0.1) is 11.6 Å². The number of benzene rings is 1. The molecule has 4 nitrogen and oxygen atoms in total. The van der Waals surface area contributed by atoms with Crippen molar-refractivity contribution in [2.75, 3.05) is 22.1 Å². The highest BCUT2D eigenvalue weighted by Gasteiger charge is 2.24. The fourth-order valence-electron chi connectivity index (χ4n) is 1.48. The van der Waals surface area contributed by atoms with Crippen LogP contribution in [-0.4, -0.2) is 20.5 Å². The first-order valence-corrected chi connectivity index (χ1v) is 7.71. The van der Waals surface area contributed by atoms with E-state index in [2.05, 4.69) is 9.24 Å². The number of anilines is 2. The minimum absolute atomic E-state index is 0.0235. The molecule has 0 amide bonds. The monoisotopic (exact) mass is 296 g/mol. The van der Waals surface area contributed by atoms with Gasteiger partial charge in [0.2, 0.25) is 10.0 Å². The number of nitrogen functional groups attached to an aromatic ring is 1. The van der Waals surface area contributed by atoms with E-state index < -0.39 is 27.3 Å². The summed E-state index contributed by atoms with van der Waals surface area (Å²) in [5.74, 6) is -2.08. The van der Waals surface area contributed by atoms with Gasteiger partial charge in [-0.1, -0.05) is 6.92 Å². The zero-order chi connectivity index (χ0) is 13.9. The van der Waals surface area contributed by atoms with E-state index in [0.29, 0.717) is 6.42 Å². The summed E-state index contributed by atoms with van der Waals surface area (Å²) < 4.78 is 51.5. The van der Waals surface area contributed by atoms with Crippen molar-refractivity contribution in [1.82, 2.24) is 0 Å². The van der Waals surface area contributed by atoms with E-state index in [1.165, 1.54) is 0 Å². The molecule has 0 aliphatic heterocycles. The average molecular weight is 296 g/mol. The van der Waals surface area contributed by atoms with Gasteiger partial charge < -0.3 is 5.73 Å². The van der Waals surface area contributed by atoms with E-state index in [1.54, 1.807) is 6.92 Å². The lowest BCUT2D eigenvalue weighted by atomic mass is 10.2. The maximum atomic E-state index is 13.8. The smallest absolute Gasteiger partial charge is 0.235 e. The highest BCUT2D eigenvalue weighted by atomic mass is 32.2. The van der Waals surface area contributed by atoms with Crippen LogP contribution in [0.5, 0.6) is 0 Å². The van der Waals surface area contributed by atoms with Gasteiger partial charge in [-0.05, 0) is 18.6 Å². The molecule has 102 valence electrons. The Morgan fingerprint density at radius 2 is 2.00 bits per heavy atom. The summed E-state index contributed by atoms with van der Waals surface area (Å²) in [5.41, 5.74) is 4.30. The summed E-state index contributed by atoms with van der Waals surface area (Å²) in [6.07, 6.45) is 0.381. The van der Waals surface area contributed by atoms with Gasteiger partial charge in [-0.15, -0.1) is 9.24 Å². The summed E-state index contributed by atoms with van der Waals surface area (Å²) in [4.78, 5) is 0. The highest BCUT2D eigenvalue weighted by Crippen LogP contribution is 2.29. The minimum Gasteiger partial charge on any atom is -0.394 e. The molecule has 1 rings (SSSR count). The Bertz CT molecular complexity index is 537. The van der Waals surface area contributed by atoms with E-state index in [0.717, 1.165) is 16.4 Å². The predicted octanol–water partition coefficient (Wildman–Crippen LogP) is 1.93. The molecule has 1 aromatic carbocycles. The predicted molar refractivity (Wildman–Crippen MR) is 71.9 cm³/mol. The van der Waals surface area contributed by atoms with Crippen LogP contribution in [-0.2, 0) is 10.0 Å². The van der Waals surface area contributed by atoms with E-state index in [4.69, 9.17) is 5.73 Å². The second-order valence-electron chi connectivity index (χ2n) is 3.64.